The molecule has 0 aromatic heterocycles. The largest absolute Gasteiger partial charge is 0.508 e. The summed E-state index contributed by atoms with van der Waals surface area (Å²) in [7, 11) is 0. The lowest BCUT2D eigenvalue weighted by molar-refractivity contribution is 0.0955. The minimum Gasteiger partial charge on any atom is -0.508 e. The highest BCUT2D eigenvalue weighted by molar-refractivity contribution is 5.99. The Balaban J connectivity index is 1.94. The number of hydrogen-bond acceptors (Lipinski definition) is 4. The zero-order valence-corrected chi connectivity index (χ0v) is 11.9. The van der Waals surface area contributed by atoms with Crippen LogP contribution in [0.15, 0.2) is 42.5 Å². The Kier molecular flexibility index (Phi) is 4.79. The van der Waals surface area contributed by atoms with Crippen molar-refractivity contribution < 1.29 is 9.90 Å². The number of hydrazine groups is 1. The molecule has 2 rings (SSSR count). The van der Waals surface area contributed by atoms with Crippen molar-refractivity contribution in [2.24, 2.45) is 5.84 Å². The number of phenolic OH excluding ortho intramolecular Hbond substituents is 1. The number of amides is 1. The summed E-state index contributed by atoms with van der Waals surface area (Å²) in [5.41, 5.74) is 5.75. The maximum Gasteiger partial charge on any atom is 0.253 e. The fourth-order valence-corrected chi connectivity index (χ4v) is 2.05. The molecule has 0 fully saturated rings. The van der Waals surface area contributed by atoms with Gasteiger partial charge in [0.05, 0.1) is 11.3 Å². The number of carbonyl (C=O) groups excluding carboxylic acids is 1. The average molecular weight is 285 g/mol. The summed E-state index contributed by atoms with van der Waals surface area (Å²) in [4.78, 5) is 12.1. The highest BCUT2D eigenvalue weighted by atomic mass is 16.3. The van der Waals surface area contributed by atoms with E-state index in [1.807, 2.05) is 31.2 Å². The van der Waals surface area contributed by atoms with Crippen molar-refractivity contribution in [3.05, 3.63) is 59.2 Å². The monoisotopic (exact) mass is 285 g/mol. The number of anilines is 1. The maximum atomic E-state index is 12.1. The Labute approximate surface area is 123 Å². The summed E-state index contributed by atoms with van der Waals surface area (Å²) in [6, 6.07) is 12.4. The summed E-state index contributed by atoms with van der Waals surface area (Å²) in [6.07, 6.45) is 0.698. The van der Waals surface area contributed by atoms with Crippen LogP contribution in [0.2, 0.25) is 0 Å². The standard InChI is InChI=1S/C16H19N3O2/c1-11-2-7-14(15(10-11)19-17)16(21)18-9-8-12-3-5-13(20)6-4-12/h2-7,10,19-20H,8-9,17H2,1H3,(H,18,21). The quantitative estimate of drug-likeness (QED) is 0.499. The Hall–Kier alpha value is -2.53. The molecule has 0 aliphatic heterocycles. The second-order valence-corrected chi connectivity index (χ2v) is 4.87. The number of aryl methyl sites for hydroxylation is 1. The van der Waals surface area contributed by atoms with Crippen molar-refractivity contribution in [1.82, 2.24) is 5.32 Å². The lowest BCUT2D eigenvalue weighted by Gasteiger charge is -2.10. The molecule has 0 radical (unpaired) electrons. The van der Waals surface area contributed by atoms with Crippen LogP contribution in [0.1, 0.15) is 21.5 Å². The van der Waals surface area contributed by atoms with Crippen LogP contribution < -0.4 is 16.6 Å². The number of phenols is 1. The molecule has 2 aromatic rings. The van der Waals surface area contributed by atoms with Crippen LogP contribution in [0, 0.1) is 6.92 Å². The van der Waals surface area contributed by atoms with Crippen molar-refractivity contribution in [3.8, 4) is 5.75 Å². The van der Waals surface area contributed by atoms with Gasteiger partial charge in [0.25, 0.3) is 5.91 Å². The fourth-order valence-electron chi connectivity index (χ4n) is 2.05. The van der Waals surface area contributed by atoms with E-state index in [0.717, 1.165) is 11.1 Å². The third-order valence-electron chi connectivity index (χ3n) is 3.21. The number of aromatic hydroxyl groups is 1. The van der Waals surface area contributed by atoms with Gasteiger partial charge in [-0.15, -0.1) is 0 Å². The van der Waals surface area contributed by atoms with E-state index in [1.165, 1.54) is 0 Å². The molecule has 0 unspecified atom stereocenters. The molecule has 0 saturated heterocycles. The lowest BCUT2D eigenvalue weighted by Crippen LogP contribution is -2.27. The predicted molar refractivity (Wildman–Crippen MR) is 83.1 cm³/mol. The van der Waals surface area contributed by atoms with Crippen molar-refractivity contribution in [2.45, 2.75) is 13.3 Å². The van der Waals surface area contributed by atoms with E-state index >= 15 is 0 Å². The third-order valence-corrected chi connectivity index (χ3v) is 3.21. The summed E-state index contributed by atoms with van der Waals surface area (Å²) in [5, 5.41) is 12.1. The highest BCUT2D eigenvalue weighted by Crippen LogP contribution is 2.16. The zero-order chi connectivity index (χ0) is 15.2. The molecule has 5 N–H and O–H groups in total. The van der Waals surface area contributed by atoms with Gasteiger partial charge in [0, 0.05) is 6.54 Å². The number of nitrogens with two attached hydrogens (primary N) is 1. The van der Waals surface area contributed by atoms with Gasteiger partial charge in [-0.1, -0.05) is 18.2 Å². The Bertz CT molecular complexity index is 624. The van der Waals surface area contributed by atoms with Gasteiger partial charge in [-0.2, -0.15) is 0 Å². The number of benzene rings is 2. The summed E-state index contributed by atoms with van der Waals surface area (Å²) in [6.45, 7) is 2.45. The van der Waals surface area contributed by atoms with Crippen LogP contribution in [-0.2, 0) is 6.42 Å². The molecule has 21 heavy (non-hydrogen) atoms. The van der Waals surface area contributed by atoms with Crippen LogP contribution in [0.25, 0.3) is 0 Å². The maximum absolute atomic E-state index is 12.1. The molecule has 2 aromatic carbocycles. The second-order valence-electron chi connectivity index (χ2n) is 4.87. The molecule has 0 aliphatic carbocycles. The van der Waals surface area contributed by atoms with E-state index < -0.39 is 0 Å². The number of rotatable bonds is 5. The number of nitrogens with one attached hydrogen (secondary N) is 2. The van der Waals surface area contributed by atoms with Crippen LogP contribution in [0.5, 0.6) is 5.75 Å². The number of hydrogen-bond donors (Lipinski definition) is 4. The van der Waals surface area contributed by atoms with Gasteiger partial charge in [0.2, 0.25) is 0 Å². The first-order chi connectivity index (χ1) is 10.1. The minimum absolute atomic E-state index is 0.165. The first-order valence-corrected chi connectivity index (χ1v) is 6.73. The van der Waals surface area contributed by atoms with E-state index in [4.69, 9.17) is 5.84 Å². The van der Waals surface area contributed by atoms with Crippen LogP contribution >= 0.6 is 0 Å². The SMILES string of the molecule is Cc1ccc(C(=O)NCCc2ccc(O)cc2)c(NN)c1. The minimum atomic E-state index is -0.165. The topological polar surface area (TPSA) is 87.4 Å². The van der Waals surface area contributed by atoms with E-state index in [1.54, 1.807) is 18.2 Å². The lowest BCUT2D eigenvalue weighted by atomic mass is 10.1. The van der Waals surface area contributed by atoms with E-state index in [2.05, 4.69) is 10.7 Å². The first kappa shape index (κ1) is 14.9. The predicted octanol–water partition coefficient (Wildman–Crippen LogP) is 1.96. The molecule has 0 atom stereocenters. The van der Waals surface area contributed by atoms with Gasteiger partial charge in [-0.25, -0.2) is 0 Å². The molecular weight excluding hydrogens is 266 g/mol. The smallest absolute Gasteiger partial charge is 0.253 e. The van der Waals surface area contributed by atoms with Gasteiger partial charge in [0.15, 0.2) is 0 Å². The summed E-state index contributed by atoms with van der Waals surface area (Å²) < 4.78 is 0. The molecule has 0 heterocycles. The molecular formula is C16H19N3O2. The Morgan fingerprint density at radius 1 is 1.19 bits per heavy atom. The van der Waals surface area contributed by atoms with Crippen molar-refractivity contribution in [3.63, 3.8) is 0 Å². The van der Waals surface area contributed by atoms with Crippen molar-refractivity contribution in [1.29, 1.82) is 0 Å². The van der Waals surface area contributed by atoms with Crippen LogP contribution in [0.4, 0.5) is 5.69 Å². The Morgan fingerprint density at radius 2 is 1.90 bits per heavy atom. The van der Waals surface area contributed by atoms with Gasteiger partial charge in [-0.05, 0) is 48.7 Å². The molecule has 1 amide bonds. The average Bonchev–Trinajstić information content (AvgIpc) is 2.49. The van der Waals surface area contributed by atoms with E-state index in [0.29, 0.717) is 24.2 Å². The van der Waals surface area contributed by atoms with E-state index in [-0.39, 0.29) is 11.7 Å². The third kappa shape index (κ3) is 3.97. The molecule has 0 saturated carbocycles. The Morgan fingerprint density at radius 3 is 2.57 bits per heavy atom. The van der Waals surface area contributed by atoms with Gasteiger partial charge in [0.1, 0.15) is 5.75 Å². The molecule has 0 bridgehead atoms. The molecule has 5 heteroatoms. The number of nitrogen functional groups attached to an aromatic ring is 1. The van der Waals surface area contributed by atoms with Crippen molar-refractivity contribution in [2.75, 3.05) is 12.0 Å². The van der Waals surface area contributed by atoms with Crippen LogP contribution in [-0.4, -0.2) is 17.6 Å². The van der Waals surface area contributed by atoms with Gasteiger partial charge >= 0.3 is 0 Å². The summed E-state index contributed by atoms with van der Waals surface area (Å²) in [5.74, 6) is 5.51. The van der Waals surface area contributed by atoms with E-state index in [9.17, 15) is 9.90 Å². The first-order valence-electron chi connectivity index (χ1n) is 6.73. The normalized spacial score (nSPS) is 10.2. The highest BCUT2D eigenvalue weighted by Gasteiger charge is 2.10. The second kappa shape index (κ2) is 6.76. The molecule has 0 aliphatic rings. The van der Waals surface area contributed by atoms with Gasteiger partial charge in [-0.3, -0.25) is 10.6 Å². The van der Waals surface area contributed by atoms with Crippen LogP contribution in [0.3, 0.4) is 0 Å². The molecule has 110 valence electrons. The van der Waals surface area contributed by atoms with Gasteiger partial charge < -0.3 is 15.8 Å². The molecule has 0 spiro atoms. The molecule has 5 nitrogen and oxygen atoms in total. The summed E-state index contributed by atoms with van der Waals surface area (Å²) >= 11 is 0. The van der Waals surface area contributed by atoms with Crippen molar-refractivity contribution >= 4 is 11.6 Å². The fraction of sp³-hybridized carbons (Fsp3) is 0.188. The number of carbonyl (C=O) groups is 1. The zero-order valence-electron chi connectivity index (χ0n) is 11.9.